The third-order valence-electron chi connectivity index (χ3n) is 6.00. The molecule has 1 fully saturated rings. The molecule has 0 saturated heterocycles. The molecule has 0 unspecified atom stereocenters. The Hall–Kier alpha value is -4.07. The molecule has 2 aromatic carbocycles. The highest BCUT2D eigenvalue weighted by molar-refractivity contribution is 7.92. The Morgan fingerprint density at radius 2 is 1.87 bits per heavy atom. The Balaban J connectivity index is 1.51. The summed E-state index contributed by atoms with van der Waals surface area (Å²) in [5.74, 6) is -3.18. The van der Waals surface area contributed by atoms with Crippen molar-refractivity contribution < 1.29 is 35.2 Å². The van der Waals surface area contributed by atoms with Crippen molar-refractivity contribution in [2.45, 2.75) is 23.9 Å². The fraction of sp³-hybridized carbons (Fsp3) is 0.208. The highest BCUT2D eigenvalue weighted by Crippen LogP contribution is 2.34. The van der Waals surface area contributed by atoms with Gasteiger partial charge in [-0.15, -0.1) is 0 Å². The maximum atomic E-state index is 15.4. The zero-order chi connectivity index (χ0) is 27.2. The lowest BCUT2D eigenvalue weighted by Gasteiger charge is -2.13. The van der Waals surface area contributed by atoms with Crippen LogP contribution in [0.3, 0.4) is 0 Å². The van der Waals surface area contributed by atoms with Crippen molar-refractivity contribution in [2.75, 3.05) is 16.6 Å². The molecular weight excluding hydrogens is 533 g/mol. The molecule has 0 aliphatic heterocycles. The summed E-state index contributed by atoms with van der Waals surface area (Å²) in [5, 5.41) is 3.31. The fourth-order valence-corrected chi connectivity index (χ4v) is 4.96. The number of halogens is 5. The number of nitrogens with zero attached hydrogens (tertiary/aromatic N) is 2. The Labute approximate surface area is 212 Å². The summed E-state index contributed by atoms with van der Waals surface area (Å²) < 4.78 is 96.5. The summed E-state index contributed by atoms with van der Waals surface area (Å²) in [5.41, 5.74) is -3.04. The van der Waals surface area contributed by atoms with E-state index in [4.69, 9.17) is 0 Å². The quantitative estimate of drug-likeness (QED) is 0.207. The highest BCUT2D eigenvalue weighted by Gasteiger charge is 2.32. The Kier molecular flexibility index (Phi) is 6.29. The van der Waals surface area contributed by atoms with Crippen molar-refractivity contribution in [2.24, 2.45) is 5.92 Å². The van der Waals surface area contributed by atoms with Crippen molar-refractivity contribution in [1.82, 2.24) is 15.0 Å². The fourth-order valence-electron chi connectivity index (χ4n) is 3.86. The van der Waals surface area contributed by atoms with Gasteiger partial charge in [0.2, 0.25) is 5.78 Å². The molecule has 0 atom stereocenters. The second-order valence-corrected chi connectivity index (χ2v) is 10.4. The monoisotopic (exact) mass is 551 g/mol. The van der Waals surface area contributed by atoms with Gasteiger partial charge in [0.25, 0.3) is 10.0 Å². The van der Waals surface area contributed by atoms with Crippen molar-refractivity contribution in [1.29, 1.82) is 0 Å². The predicted molar refractivity (Wildman–Crippen MR) is 127 cm³/mol. The number of nitrogens with one attached hydrogen (secondary N) is 3. The number of hydrogen-bond donors (Lipinski definition) is 3. The van der Waals surface area contributed by atoms with Crippen molar-refractivity contribution >= 4 is 38.3 Å². The largest absolute Gasteiger partial charge is 0.416 e. The van der Waals surface area contributed by atoms with Crippen LogP contribution in [0, 0.1) is 17.6 Å². The van der Waals surface area contributed by atoms with Crippen LogP contribution >= 0.6 is 0 Å². The van der Waals surface area contributed by atoms with Gasteiger partial charge < -0.3 is 10.3 Å². The highest BCUT2D eigenvalue weighted by atomic mass is 32.2. The summed E-state index contributed by atoms with van der Waals surface area (Å²) in [6, 6.07) is 4.21. The molecule has 14 heteroatoms. The first-order valence-electron chi connectivity index (χ1n) is 11.2. The molecule has 8 nitrogen and oxygen atoms in total. The molecule has 0 amide bonds. The summed E-state index contributed by atoms with van der Waals surface area (Å²) in [6.07, 6.45) is -0.268. The van der Waals surface area contributed by atoms with Crippen molar-refractivity contribution in [3.05, 3.63) is 77.2 Å². The van der Waals surface area contributed by atoms with Crippen LogP contribution in [0.1, 0.15) is 34.3 Å². The smallest absolute Gasteiger partial charge is 0.369 e. The van der Waals surface area contributed by atoms with E-state index in [1.165, 1.54) is 12.5 Å². The number of aromatic nitrogens is 3. The SMILES string of the molecule is O=C(c1c(F)ccc(NS(=O)(=O)c2cccc(C(F)(F)F)c2)c1F)c1c[nH]c2ncnc(NCC3CC3)c12. The van der Waals surface area contributed by atoms with Gasteiger partial charge in [0, 0.05) is 12.7 Å². The van der Waals surface area contributed by atoms with E-state index in [2.05, 4.69) is 20.3 Å². The van der Waals surface area contributed by atoms with Crippen LogP contribution in [-0.4, -0.2) is 35.7 Å². The number of H-pyrrole nitrogens is 1. The number of hydrogen-bond acceptors (Lipinski definition) is 6. The van der Waals surface area contributed by atoms with Crippen LogP contribution in [0.5, 0.6) is 0 Å². The van der Waals surface area contributed by atoms with Gasteiger partial charge in [0.1, 0.15) is 23.6 Å². The second-order valence-electron chi connectivity index (χ2n) is 8.72. The first kappa shape index (κ1) is 25.6. The van der Waals surface area contributed by atoms with Crippen LogP contribution in [0.25, 0.3) is 11.0 Å². The number of anilines is 2. The van der Waals surface area contributed by atoms with Gasteiger partial charge >= 0.3 is 6.18 Å². The van der Waals surface area contributed by atoms with Gasteiger partial charge in [-0.2, -0.15) is 13.2 Å². The van der Waals surface area contributed by atoms with Crippen LogP contribution < -0.4 is 10.0 Å². The third-order valence-corrected chi connectivity index (χ3v) is 7.37. The molecule has 3 N–H and O–H groups in total. The number of rotatable bonds is 8. The van der Waals surface area contributed by atoms with Crippen LogP contribution in [0.4, 0.5) is 33.5 Å². The molecule has 2 heterocycles. The Morgan fingerprint density at radius 3 is 2.58 bits per heavy atom. The van der Waals surface area contributed by atoms with Gasteiger partial charge in [-0.05, 0) is 49.1 Å². The number of fused-ring (bicyclic) bond motifs is 1. The minimum Gasteiger partial charge on any atom is -0.369 e. The molecule has 1 saturated carbocycles. The van der Waals surface area contributed by atoms with E-state index >= 15 is 4.39 Å². The number of sulfonamides is 1. The molecule has 198 valence electrons. The zero-order valence-corrected chi connectivity index (χ0v) is 20.1. The summed E-state index contributed by atoms with van der Waals surface area (Å²) in [6.45, 7) is 0.584. The second kappa shape index (κ2) is 9.35. The molecule has 0 bridgehead atoms. The van der Waals surface area contributed by atoms with Gasteiger partial charge in [-0.25, -0.2) is 27.2 Å². The molecule has 1 aliphatic carbocycles. The third kappa shape index (κ3) is 4.90. The average molecular weight is 551 g/mol. The molecule has 4 aromatic rings. The first-order chi connectivity index (χ1) is 18.0. The maximum Gasteiger partial charge on any atom is 0.416 e. The minimum absolute atomic E-state index is 0.158. The van der Waals surface area contributed by atoms with E-state index in [-0.39, 0.29) is 22.4 Å². The number of aromatic amines is 1. The summed E-state index contributed by atoms with van der Waals surface area (Å²) in [7, 11) is -4.74. The van der Waals surface area contributed by atoms with Gasteiger partial charge in [-0.3, -0.25) is 9.52 Å². The zero-order valence-electron chi connectivity index (χ0n) is 19.2. The Bertz CT molecular complexity index is 1670. The molecular formula is C24H18F5N5O3S. The van der Waals surface area contributed by atoms with Gasteiger partial charge in [0.15, 0.2) is 5.82 Å². The van der Waals surface area contributed by atoms with Crippen molar-refractivity contribution in [3.8, 4) is 0 Å². The molecule has 0 radical (unpaired) electrons. The van der Waals surface area contributed by atoms with E-state index in [0.29, 0.717) is 30.7 Å². The maximum absolute atomic E-state index is 15.4. The van der Waals surface area contributed by atoms with Crippen molar-refractivity contribution in [3.63, 3.8) is 0 Å². The number of alkyl halides is 3. The number of carbonyl (C=O) groups excluding carboxylic acids is 1. The van der Waals surface area contributed by atoms with Crippen LogP contribution in [0.15, 0.2) is 53.8 Å². The molecule has 38 heavy (non-hydrogen) atoms. The van der Waals surface area contributed by atoms with Gasteiger partial charge in [-0.1, -0.05) is 6.07 Å². The molecule has 2 aromatic heterocycles. The predicted octanol–water partition coefficient (Wildman–Crippen LogP) is 5.11. The normalized spacial score (nSPS) is 14.0. The van der Waals surface area contributed by atoms with Crippen LogP contribution in [0.2, 0.25) is 0 Å². The van der Waals surface area contributed by atoms with Crippen LogP contribution in [-0.2, 0) is 16.2 Å². The van der Waals surface area contributed by atoms with E-state index < -0.39 is 55.3 Å². The number of ketones is 1. The van der Waals surface area contributed by atoms with E-state index in [1.807, 2.05) is 0 Å². The minimum atomic E-state index is -4.82. The molecule has 1 aliphatic rings. The number of benzene rings is 2. The lowest BCUT2D eigenvalue weighted by molar-refractivity contribution is -0.137. The average Bonchev–Trinajstić information content (AvgIpc) is 3.60. The first-order valence-corrected chi connectivity index (χ1v) is 12.7. The van der Waals surface area contributed by atoms with E-state index in [9.17, 15) is 30.8 Å². The summed E-state index contributed by atoms with van der Waals surface area (Å²) in [4.78, 5) is 23.4. The molecule has 0 spiro atoms. The summed E-state index contributed by atoms with van der Waals surface area (Å²) >= 11 is 0. The molecule has 5 rings (SSSR count). The standard InChI is InChI=1S/C24H18F5N5O3S/c25-16-6-7-17(34-38(36,37)14-3-1-2-13(8-14)24(27,28)29)20(26)19(16)21(35)15-10-31-23-18(15)22(32-11-33-23)30-9-12-4-5-12/h1-3,6-8,10-12,34H,4-5,9H2,(H2,30,31,32,33). The van der Waals surface area contributed by atoms with E-state index in [1.54, 1.807) is 4.72 Å². The topological polar surface area (TPSA) is 117 Å². The van der Waals surface area contributed by atoms with E-state index in [0.717, 1.165) is 31.0 Å². The Morgan fingerprint density at radius 1 is 1.11 bits per heavy atom. The number of carbonyl (C=O) groups is 1. The van der Waals surface area contributed by atoms with Gasteiger partial charge in [0.05, 0.1) is 32.7 Å². The lowest BCUT2D eigenvalue weighted by atomic mass is 10.0. The lowest BCUT2D eigenvalue weighted by Crippen LogP contribution is -2.17.